The zero-order chi connectivity index (χ0) is 21.9. The lowest BCUT2D eigenvalue weighted by atomic mass is 10.1. The second-order valence-electron chi connectivity index (χ2n) is 7.20. The van der Waals surface area contributed by atoms with Crippen molar-refractivity contribution >= 4 is 33.3 Å². The van der Waals surface area contributed by atoms with Gasteiger partial charge in [-0.2, -0.15) is 0 Å². The predicted molar refractivity (Wildman–Crippen MR) is 120 cm³/mol. The van der Waals surface area contributed by atoms with Crippen molar-refractivity contribution in [2.45, 2.75) is 13.0 Å². The normalized spacial score (nSPS) is 12.2. The maximum Gasteiger partial charge on any atom is 0.231 e. The van der Waals surface area contributed by atoms with Gasteiger partial charge in [-0.3, -0.25) is 4.79 Å². The quantitative estimate of drug-likeness (QED) is 0.436. The smallest absolute Gasteiger partial charge is 0.231 e. The van der Waals surface area contributed by atoms with Gasteiger partial charge in [-0.05, 0) is 35.4 Å². The molecule has 0 saturated carbocycles. The molecule has 162 valence electrons. The lowest BCUT2D eigenvalue weighted by molar-refractivity contribution is -0.121. The summed E-state index contributed by atoms with van der Waals surface area (Å²) < 4.78 is 24.0. The summed E-state index contributed by atoms with van der Waals surface area (Å²) in [7, 11) is 0. The molecule has 1 amide bonds. The fraction of sp³-hybridized carbons (Fsp3) is 0.174. The van der Waals surface area contributed by atoms with Crippen molar-refractivity contribution in [3.05, 3.63) is 65.6 Å². The van der Waals surface area contributed by atoms with Gasteiger partial charge >= 0.3 is 0 Å². The lowest BCUT2D eigenvalue weighted by Gasteiger charge is -2.09. The van der Waals surface area contributed by atoms with E-state index in [1.165, 1.54) is 29.8 Å². The van der Waals surface area contributed by atoms with Gasteiger partial charge < -0.3 is 20.1 Å². The average molecular weight is 450 g/mol. The highest BCUT2D eigenvalue weighted by molar-refractivity contribution is 7.17. The second kappa shape index (κ2) is 8.80. The van der Waals surface area contributed by atoms with Crippen molar-refractivity contribution in [1.29, 1.82) is 0 Å². The van der Waals surface area contributed by atoms with Crippen molar-refractivity contribution in [3.8, 4) is 22.6 Å². The molecule has 3 heterocycles. The molecule has 7 nitrogen and oxygen atoms in total. The number of benzene rings is 2. The summed E-state index contributed by atoms with van der Waals surface area (Å²) in [6.45, 7) is 1.05. The van der Waals surface area contributed by atoms with Crippen LogP contribution in [-0.2, 0) is 11.3 Å². The molecule has 0 saturated heterocycles. The molecule has 2 aromatic carbocycles. The van der Waals surface area contributed by atoms with E-state index in [4.69, 9.17) is 9.47 Å². The van der Waals surface area contributed by atoms with Gasteiger partial charge in [0, 0.05) is 30.5 Å². The third-order valence-electron chi connectivity index (χ3n) is 5.10. The molecule has 0 unspecified atom stereocenters. The molecule has 0 bridgehead atoms. The van der Waals surface area contributed by atoms with E-state index < -0.39 is 0 Å². The van der Waals surface area contributed by atoms with Gasteiger partial charge in [0.15, 0.2) is 11.5 Å². The minimum absolute atomic E-state index is 0.0791. The Hall–Kier alpha value is -3.72. The number of hydrogen-bond donors (Lipinski definition) is 2. The minimum Gasteiger partial charge on any atom is -0.454 e. The Labute approximate surface area is 187 Å². The van der Waals surface area contributed by atoms with E-state index >= 15 is 0 Å². The standard InChI is InChI=1S/C23H19FN4O3S/c24-16-4-2-15(3-5-16)17-11-32-23-21(17)22(27-12-28-23)25-8-7-20(29)26-10-14-1-6-18-19(9-14)31-13-30-18/h1-6,9,11-12H,7-8,10,13H2,(H,26,29)(H,25,27,28). The van der Waals surface area contributed by atoms with Gasteiger partial charge in [0.05, 0.1) is 5.39 Å². The molecule has 0 spiro atoms. The van der Waals surface area contributed by atoms with Gasteiger partial charge in [0.1, 0.15) is 22.8 Å². The first-order valence-electron chi connectivity index (χ1n) is 10.0. The summed E-state index contributed by atoms with van der Waals surface area (Å²) in [5.74, 6) is 1.70. The number of hydrogen-bond acceptors (Lipinski definition) is 7. The number of nitrogens with zero attached hydrogens (tertiary/aromatic N) is 2. The summed E-state index contributed by atoms with van der Waals surface area (Å²) >= 11 is 1.50. The lowest BCUT2D eigenvalue weighted by Crippen LogP contribution is -2.25. The SMILES string of the molecule is O=C(CCNc1ncnc2scc(-c3ccc(F)cc3)c12)NCc1ccc2c(c1)OCO2. The zero-order valence-corrected chi connectivity index (χ0v) is 17.7. The van der Waals surface area contributed by atoms with Crippen LogP contribution in [-0.4, -0.2) is 29.2 Å². The van der Waals surface area contributed by atoms with E-state index in [0.29, 0.717) is 30.4 Å². The summed E-state index contributed by atoms with van der Waals surface area (Å²) in [5.41, 5.74) is 2.76. The summed E-state index contributed by atoms with van der Waals surface area (Å²) in [6.07, 6.45) is 1.78. The van der Waals surface area contributed by atoms with Crippen LogP contribution in [0.3, 0.4) is 0 Å². The van der Waals surface area contributed by atoms with E-state index in [1.807, 2.05) is 23.6 Å². The van der Waals surface area contributed by atoms with Crippen LogP contribution >= 0.6 is 11.3 Å². The highest BCUT2D eigenvalue weighted by Gasteiger charge is 2.15. The Morgan fingerprint density at radius 1 is 1.09 bits per heavy atom. The maximum absolute atomic E-state index is 13.3. The zero-order valence-electron chi connectivity index (χ0n) is 16.9. The van der Waals surface area contributed by atoms with E-state index in [9.17, 15) is 9.18 Å². The van der Waals surface area contributed by atoms with E-state index in [0.717, 1.165) is 26.9 Å². The van der Waals surface area contributed by atoms with Crippen molar-refractivity contribution in [3.63, 3.8) is 0 Å². The molecule has 0 aliphatic carbocycles. The highest BCUT2D eigenvalue weighted by Crippen LogP contribution is 2.36. The summed E-state index contributed by atoms with van der Waals surface area (Å²) in [6, 6.07) is 11.9. The molecule has 5 rings (SSSR count). The van der Waals surface area contributed by atoms with Crippen molar-refractivity contribution < 1.29 is 18.7 Å². The molecule has 0 atom stereocenters. The van der Waals surface area contributed by atoms with Crippen LogP contribution in [0.25, 0.3) is 21.3 Å². The minimum atomic E-state index is -0.283. The topological polar surface area (TPSA) is 85.4 Å². The molecule has 0 radical (unpaired) electrons. The third-order valence-corrected chi connectivity index (χ3v) is 5.98. The number of ether oxygens (including phenoxy) is 2. The van der Waals surface area contributed by atoms with Crippen molar-refractivity contribution in [1.82, 2.24) is 15.3 Å². The number of anilines is 1. The molecular formula is C23H19FN4O3S. The second-order valence-corrected chi connectivity index (χ2v) is 8.06. The molecular weight excluding hydrogens is 431 g/mol. The van der Waals surface area contributed by atoms with Gasteiger partial charge in [-0.1, -0.05) is 18.2 Å². The number of rotatable bonds is 7. The average Bonchev–Trinajstić information content (AvgIpc) is 3.45. The van der Waals surface area contributed by atoms with Crippen LogP contribution in [0.1, 0.15) is 12.0 Å². The number of amides is 1. The Balaban J connectivity index is 1.21. The molecule has 1 aliphatic heterocycles. The number of fused-ring (bicyclic) bond motifs is 2. The molecule has 2 aromatic heterocycles. The van der Waals surface area contributed by atoms with Crippen LogP contribution in [0.2, 0.25) is 0 Å². The third kappa shape index (κ3) is 4.19. The predicted octanol–water partition coefficient (Wildman–Crippen LogP) is 4.34. The number of carbonyl (C=O) groups excluding carboxylic acids is 1. The largest absolute Gasteiger partial charge is 0.454 e. The molecule has 0 fully saturated rings. The fourth-order valence-electron chi connectivity index (χ4n) is 3.49. The van der Waals surface area contributed by atoms with Crippen LogP contribution in [0.4, 0.5) is 10.2 Å². The molecule has 9 heteroatoms. The van der Waals surface area contributed by atoms with Crippen molar-refractivity contribution in [2.75, 3.05) is 18.7 Å². The number of carbonyl (C=O) groups is 1. The van der Waals surface area contributed by atoms with Gasteiger partial charge in [0.2, 0.25) is 12.7 Å². The Morgan fingerprint density at radius 2 is 1.94 bits per heavy atom. The van der Waals surface area contributed by atoms with Crippen molar-refractivity contribution in [2.24, 2.45) is 0 Å². The van der Waals surface area contributed by atoms with Gasteiger partial charge in [-0.25, -0.2) is 14.4 Å². The van der Waals surface area contributed by atoms with Crippen LogP contribution in [0.15, 0.2) is 54.2 Å². The molecule has 2 N–H and O–H groups in total. The van der Waals surface area contributed by atoms with E-state index in [1.54, 1.807) is 12.1 Å². The summed E-state index contributed by atoms with van der Waals surface area (Å²) in [5, 5.41) is 9.00. The van der Waals surface area contributed by atoms with Gasteiger partial charge in [-0.15, -0.1) is 11.3 Å². The van der Waals surface area contributed by atoms with Crippen LogP contribution < -0.4 is 20.1 Å². The first kappa shape index (κ1) is 20.2. The monoisotopic (exact) mass is 450 g/mol. The van der Waals surface area contributed by atoms with E-state index in [-0.39, 0.29) is 24.9 Å². The van der Waals surface area contributed by atoms with Crippen LogP contribution in [0.5, 0.6) is 11.5 Å². The molecule has 1 aliphatic rings. The molecule has 32 heavy (non-hydrogen) atoms. The van der Waals surface area contributed by atoms with Gasteiger partial charge in [0.25, 0.3) is 0 Å². The number of thiophene rings is 1. The number of nitrogens with one attached hydrogen (secondary N) is 2. The Morgan fingerprint density at radius 3 is 2.81 bits per heavy atom. The number of aromatic nitrogens is 2. The first-order valence-corrected chi connectivity index (χ1v) is 10.9. The first-order chi connectivity index (χ1) is 15.7. The maximum atomic E-state index is 13.3. The Kier molecular flexibility index (Phi) is 5.55. The highest BCUT2D eigenvalue weighted by atomic mass is 32.1. The Bertz CT molecular complexity index is 1280. The van der Waals surface area contributed by atoms with E-state index in [2.05, 4.69) is 20.6 Å². The number of halogens is 1. The fourth-order valence-corrected chi connectivity index (χ4v) is 4.40. The molecule has 4 aromatic rings. The summed E-state index contributed by atoms with van der Waals surface area (Å²) in [4.78, 5) is 21.8. The van der Waals surface area contributed by atoms with Crippen LogP contribution in [0, 0.1) is 5.82 Å².